The van der Waals surface area contributed by atoms with Gasteiger partial charge in [-0.05, 0) is 25.0 Å². The van der Waals surface area contributed by atoms with E-state index in [1.54, 1.807) is 0 Å². The molecule has 0 saturated carbocycles. The third-order valence-electron chi connectivity index (χ3n) is 2.22. The van der Waals surface area contributed by atoms with Crippen LogP contribution >= 0.6 is 15.9 Å². The molecule has 0 aliphatic rings. The van der Waals surface area contributed by atoms with E-state index in [0.717, 1.165) is 21.2 Å². The summed E-state index contributed by atoms with van der Waals surface area (Å²) in [5.41, 5.74) is 8.84. The largest absolute Gasteiger partial charge is 0.481 e. The third kappa shape index (κ3) is 3.04. The molecule has 1 aromatic carbocycles. The summed E-state index contributed by atoms with van der Waals surface area (Å²) in [6.45, 7) is 3.94. The van der Waals surface area contributed by atoms with Crippen molar-refractivity contribution in [3.63, 3.8) is 0 Å². The van der Waals surface area contributed by atoms with Crippen LogP contribution in [0.15, 0.2) is 16.6 Å². The second kappa shape index (κ2) is 4.77. The van der Waals surface area contributed by atoms with Crippen molar-refractivity contribution in [2.24, 2.45) is 5.73 Å². The molecule has 0 saturated heterocycles. The van der Waals surface area contributed by atoms with Crippen molar-refractivity contribution in [3.05, 3.63) is 33.3 Å². The van der Waals surface area contributed by atoms with E-state index in [-0.39, 0.29) is 6.42 Å². The van der Waals surface area contributed by atoms with E-state index >= 15 is 0 Å². The van der Waals surface area contributed by atoms with Crippen molar-refractivity contribution in [2.75, 3.05) is 0 Å². The van der Waals surface area contributed by atoms with Crippen LogP contribution in [0.4, 0.5) is 0 Å². The molecule has 0 fully saturated rings. The van der Waals surface area contributed by atoms with Gasteiger partial charge in [0.2, 0.25) is 0 Å². The summed E-state index contributed by atoms with van der Waals surface area (Å²) in [6.07, 6.45) is -0.0541. The van der Waals surface area contributed by atoms with Crippen LogP contribution in [-0.2, 0) is 4.79 Å². The number of aryl methyl sites for hydroxylation is 2. The lowest BCUT2D eigenvalue weighted by atomic mass is 10.00. The number of carboxylic acid groups (broad SMARTS) is 1. The number of benzene rings is 1. The fraction of sp³-hybridized carbons (Fsp3) is 0.364. The number of nitrogens with two attached hydrogens (primary N) is 1. The molecule has 0 aliphatic heterocycles. The van der Waals surface area contributed by atoms with Crippen molar-refractivity contribution in [1.82, 2.24) is 0 Å². The smallest absolute Gasteiger partial charge is 0.305 e. The van der Waals surface area contributed by atoms with Gasteiger partial charge in [0.15, 0.2) is 0 Å². The minimum absolute atomic E-state index is 0.0541. The fourth-order valence-corrected chi connectivity index (χ4v) is 2.07. The zero-order valence-electron chi connectivity index (χ0n) is 8.75. The van der Waals surface area contributed by atoms with Gasteiger partial charge in [-0.25, -0.2) is 0 Å². The molecule has 0 radical (unpaired) electrons. The Bertz CT molecular complexity index is 390. The van der Waals surface area contributed by atoms with Crippen molar-refractivity contribution >= 4 is 21.9 Å². The highest BCUT2D eigenvalue weighted by Gasteiger charge is 2.15. The van der Waals surface area contributed by atoms with E-state index in [1.165, 1.54) is 0 Å². The summed E-state index contributed by atoms with van der Waals surface area (Å²) in [5.74, 6) is -0.881. The molecule has 4 heteroatoms. The lowest BCUT2D eigenvalue weighted by molar-refractivity contribution is -0.137. The van der Waals surface area contributed by atoms with Gasteiger partial charge in [-0.3, -0.25) is 4.79 Å². The minimum atomic E-state index is -0.881. The number of carbonyl (C=O) groups is 1. The molecule has 0 aliphatic carbocycles. The van der Waals surface area contributed by atoms with Gasteiger partial charge in [-0.1, -0.05) is 33.6 Å². The van der Waals surface area contributed by atoms with Crippen molar-refractivity contribution in [1.29, 1.82) is 0 Å². The standard InChI is InChI=1S/C11H14BrNO2/c1-6-3-7(2)11(12)8(4-6)9(13)5-10(14)15/h3-4,9H,5,13H2,1-2H3,(H,14,15). The van der Waals surface area contributed by atoms with Gasteiger partial charge in [0, 0.05) is 10.5 Å². The highest BCUT2D eigenvalue weighted by molar-refractivity contribution is 9.10. The summed E-state index contributed by atoms with van der Waals surface area (Å²) in [7, 11) is 0. The fourth-order valence-electron chi connectivity index (χ4n) is 1.55. The third-order valence-corrected chi connectivity index (χ3v) is 3.30. The molecule has 3 nitrogen and oxygen atoms in total. The Morgan fingerprint density at radius 2 is 2.13 bits per heavy atom. The highest BCUT2D eigenvalue weighted by atomic mass is 79.9. The van der Waals surface area contributed by atoms with Gasteiger partial charge >= 0.3 is 5.97 Å². The average molecular weight is 272 g/mol. The Kier molecular flexibility index (Phi) is 3.88. The molecule has 0 amide bonds. The van der Waals surface area contributed by atoms with Gasteiger partial charge in [0.05, 0.1) is 6.42 Å². The van der Waals surface area contributed by atoms with Gasteiger partial charge in [-0.2, -0.15) is 0 Å². The summed E-state index contributed by atoms with van der Waals surface area (Å²) in [6, 6.07) is 3.49. The van der Waals surface area contributed by atoms with Gasteiger partial charge < -0.3 is 10.8 Å². The first-order valence-corrected chi connectivity index (χ1v) is 5.45. The predicted octanol–water partition coefficient (Wildman–Crippen LogP) is 2.54. The molecule has 3 N–H and O–H groups in total. The van der Waals surface area contributed by atoms with E-state index in [0.29, 0.717) is 0 Å². The molecule has 1 atom stereocenters. The van der Waals surface area contributed by atoms with Gasteiger partial charge in [0.1, 0.15) is 0 Å². The van der Waals surface area contributed by atoms with Crippen LogP contribution in [0.25, 0.3) is 0 Å². The number of halogens is 1. The Labute approximate surface area is 97.4 Å². The first-order chi connectivity index (χ1) is 6.91. The predicted molar refractivity (Wildman–Crippen MR) is 62.8 cm³/mol. The normalized spacial score (nSPS) is 12.5. The molecule has 15 heavy (non-hydrogen) atoms. The van der Waals surface area contributed by atoms with Crippen LogP contribution in [0, 0.1) is 13.8 Å². The van der Waals surface area contributed by atoms with Crippen LogP contribution in [0.2, 0.25) is 0 Å². The zero-order valence-corrected chi connectivity index (χ0v) is 10.3. The van der Waals surface area contributed by atoms with Crippen molar-refractivity contribution < 1.29 is 9.90 Å². The van der Waals surface area contributed by atoms with Crippen molar-refractivity contribution in [3.8, 4) is 0 Å². The Hall–Kier alpha value is -0.870. The number of hydrogen-bond acceptors (Lipinski definition) is 2. The molecule has 0 heterocycles. The second-order valence-electron chi connectivity index (χ2n) is 3.69. The van der Waals surface area contributed by atoms with E-state index in [1.807, 2.05) is 26.0 Å². The van der Waals surface area contributed by atoms with Gasteiger partial charge in [-0.15, -0.1) is 0 Å². The monoisotopic (exact) mass is 271 g/mol. The Morgan fingerprint density at radius 3 is 2.67 bits per heavy atom. The van der Waals surface area contributed by atoms with Crippen LogP contribution in [0.5, 0.6) is 0 Å². The lowest BCUT2D eigenvalue weighted by Gasteiger charge is -2.14. The maximum atomic E-state index is 10.6. The van der Waals surface area contributed by atoms with Crippen LogP contribution in [0.1, 0.15) is 29.2 Å². The van der Waals surface area contributed by atoms with Crippen LogP contribution in [-0.4, -0.2) is 11.1 Å². The van der Waals surface area contributed by atoms with E-state index in [9.17, 15) is 4.79 Å². The molecule has 1 aromatic rings. The lowest BCUT2D eigenvalue weighted by Crippen LogP contribution is -2.16. The average Bonchev–Trinajstić information content (AvgIpc) is 2.09. The molecule has 0 aromatic heterocycles. The molecule has 82 valence electrons. The number of rotatable bonds is 3. The van der Waals surface area contributed by atoms with Crippen molar-refractivity contribution in [2.45, 2.75) is 26.3 Å². The van der Waals surface area contributed by atoms with Gasteiger partial charge in [0.25, 0.3) is 0 Å². The molecule has 1 unspecified atom stereocenters. The summed E-state index contributed by atoms with van der Waals surface area (Å²) in [4.78, 5) is 10.6. The maximum Gasteiger partial charge on any atom is 0.305 e. The van der Waals surface area contributed by atoms with Crippen LogP contribution in [0.3, 0.4) is 0 Å². The SMILES string of the molecule is Cc1cc(C)c(Br)c(C(N)CC(=O)O)c1. The first-order valence-electron chi connectivity index (χ1n) is 4.66. The zero-order chi connectivity index (χ0) is 11.6. The highest BCUT2D eigenvalue weighted by Crippen LogP contribution is 2.28. The quantitative estimate of drug-likeness (QED) is 0.888. The topological polar surface area (TPSA) is 63.3 Å². The summed E-state index contributed by atoms with van der Waals surface area (Å²) < 4.78 is 0.904. The Morgan fingerprint density at radius 1 is 1.53 bits per heavy atom. The first kappa shape index (κ1) is 12.2. The van der Waals surface area contributed by atoms with E-state index < -0.39 is 12.0 Å². The van der Waals surface area contributed by atoms with Crippen LogP contribution < -0.4 is 5.73 Å². The number of carboxylic acids is 1. The van der Waals surface area contributed by atoms with E-state index in [2.05, 4.69) is 15.9 Å². The molecule has 1 rings (SSSR count). The number of aliphatic carboxylic acids is 1. The second-order valence-corrected chi connectivity index (χ2v) is 4.48. The molecule has 0 spiro atoms. The minimum Gasteiger partial charge on any atom is -0.481 e. The number of hydrogen-bond donors (Lipinski definition) is 2. The summed E-state index contributed by atoms with van der Waals surface area (Å²) in [5, 5.41) is 8.68. The molecule has 0 bridgehead atoms. The maximum absolute atomic E-state index is 10.6. The van der Waals surface area contributed by atoms with E-state index in [4.69, 9.17) is 10.8 Å². The molecular weight excluding hydrogens is 258 g/mol. The Balaban J connectivity index is 3.07. The molecular formula is C11H14BrNO2. The summed E-state index contributed by atoms with van der Waals surface area (Å²) >= 11 is 3.43.